The van der Waals surface area contributed by atoms with Crippen LogP contribution in [0.2, 0.25) is 0 Å². The van der Waals surface area contributed by atoms with Gasteiger partial charge in [0.15, 0.2) is 11.5 Å². The van der Waals surface area contributed by atoms with E-state index in [9.17, 15) is 8.42 Å². The van der Waals surface area contributed by atoms with Crippen LogP contribution in [-0.2, 0) is 10.0 Å². The maximum atomic E-state index is 12.1. The summed E-state index contributed by atoms with van der Waals surface area (Å²) < 4.78 is 35.7. The summed E-state index contributed by atoms with van der Waals surface area (Å²) in [5.74, 6) is 1.01. The van der Waals surface area contributed by atoms with Crippen molar-refractivity contribution in [3.05, 3.63) is 18.2 Å². The normalized spacial score (nSPS) is 14.3. The third-order valence-corrected chi connectivity index (χ3v) is 4.35. The second kappa shape index (κ2) is 4.52. The SMILES string of the molecule is CN(CCN)S(=O)(=O)c1ccc2c(c1)OCO2. The third-order valence-electron chi connectivity index (χ3n) is 2.50. The molecular formula is C10H14N2O4S. The monoisotopic (exact) mass is 258 g/mol. The first kappa shape index (κ1) is 12.2. The Bertz CT molecular complexity index is 515. The molecule has 0 aliphatic carbocycles. The van der Waals surface area contributed by atoms with Gasteiger partial charge in [-0.15, -0.1) is 0 Å². The van der Waals surface area contributed by atoms with E-state index in [2.05, 4.69) is 0 Å². The van der Waals surface area contributed by atoms with Crippen molar-refractivity contribution in [2.45, 2.75) is 4.90 Å². The van der Waals surface area contributed by atoms with Crippen LogP contribution in [-0.4, -0.2) is 39.7 Å². The van der Waals surface area contributed by atoms with E-state index >= 15 is 0 Å². The van der Waals surface area contributed by atoms with Gasteiger partial charge < -0.3 is 15.2 Å². The number of ether oxygens (including phenoxy) is 2. The van der Waals surface area contributed by atoms with Crippen molar-refractivity contribution in [3.8, 4) is 11.5 Å². The van der Waals surface area contributed by atoms with E-state index in [1.54, 1.807) is 6.07 Å². The Kier molecular flexibility index (Phi) is 3.23. The van der Waals surface area contributed by atoms with Gasteiger partial charge in [0, 0.05) is 26.2 Å². The van der Waals surface area contributed by atoms with E-state index in [1.165, 1.54) is 23.5 Å². The maximum Gasteiger partial charge on any atom is 0.242 e. The highest BCUT2D eigenvalue weighted by Crippen LogP contribution is 2.34. The number of fused-ring (bicyclic) bond motifs is 1. The van der Waals surface area contributed by atoms with Crippen LogP contribution >= 0.6 is 0 Å². The number of rotatable bonds is 4. The van der Waals surface area contributed by atoms with Crippen LogP contribution < -0.4 is 15.2 Å². The van der Waals surface area contributed by atoms with Crippen LogP contribution in [0.15, 0.2) is 23.1 Å². The summed E-state index contributed by atoms with van der Waals surface area (Å²) in [6.07, 6.45) is 0. The molecule has 0 radical (unpaired) electrons. The van der Waals surface area contributed by atoms with Crippen LogP contribution in [0, 0.1) is 0 Å². The first-order valence-corrected chi connectivity index (χ1v) is 6.56. The van der Waals surface area contributed by atoms with Crippen molar-refractivity contribution in [3.63, 3.8) is 0 Å². The zero-order valence-corrected chi connectivity index (χ0v) is 10.2. The molecule has 6 nitrogen and oxygen atoms in total. The highest BCUT2D eigenvalue weighted by molar-refractivity contribution is 7.89. The van der Waals surface area contributed by atoms with Crippen LogP contribution in [0.25, 0.3) is 0 Å². The topological polar surface area (TPSA) is 81.9 Å². The van der Waals surface area contributed by atoms with Gasteiger partial charge in [0.25, 0.3) is 0 Å². The van der Waals surface area contributed by atoms with Gasteiger partial charge in [-0.05, 0) is 12.1 Å². The lowest BCUT2D eigenvalue weighted by Gasteiger charge is -2.16. The van der Waals surface area contributed by atoms with Gasteiger partial charge in [-0.1, -0.05) is 0 Å². The Morgan fingerprint density at radius 2 is 2.06 bits per heavy atom. The summed E-state index contributed by atoms with van der Waals surface area (Å²) >= 11 is 0. The highest BCUT2D eigenvalue weighted by Gasteiger charge is 2.23. The number of nitrogens with zero attached hydrogens (tertiary/aromatic N) is 1. The van der Waals surface area contributed by atoms with Gasteiger partial charge in [0.2, 0.25) is 16.8 Å². The average molecular weight is 258 g/mol. The number of benzene rings is 1. The molecule has 0 unspecified atom stereocenters. The van der Waals surface area contributed by atoms with E-state index in [-0.39, 0.29) is 24.8 Å². The average Bonchev–Trinajstić information content (AvgIpc) is 2.76. The Balaban J connectivity index is 2.34. The standard InChI is InChI=1S/C10H14N2O4S/c1-12(5-4-11)17(13,14)8-2-3-9-10(6-8)16-7-15-9/h2-3,6H,4-5,7,11H2,1H3. The van der Waals surface area contributed by atoms with E-state index in [0.717, 1.165) is 0 Å². The molecule has 0 saturated heterocycles. The quantitative estimate of drug-likeness (QED) is 0.821. The second-order valence-corrected chi connectivity index (χ2v) is 5.68. The summed E-state index contributed by atoms with van der Waals surface area (Å²) in [5, 5.41) is 0. The van der Waals surface area contributed by atoms with Gasteiger partial charge in [-0.3, -0.25) is 0 Å². The van der Waals surface area contributed by atoms with Crippen molar-refractivity contribution in [1.29, 1.82) is 0 Å². The summed E-state index contributed by atoms with van der Waals surface area (Å²) in [6, 6.07) is 4.55. The van der Waals surface area contributed by atoms with Gasteiger partial charge in [-0.25, -0.2) is 8.42 Å². The van der Waals surface area contributed by atoms with E-state index < -0.39 is 10.0 Å². The number of hydrogen-bond donors (Lipinski definition) is 1. The fourth-order valence-corrected chi connectivity index (χ4v) is 2.72. The summed E-state index contributed by atoms with van der Waals surface area (Å²) in [5.41, 5.74) is 5.34. The molecule has 1 aliphatic heterocycles. The molecule has 0 atom stereocenters. The molecule has 0 bridgehead atoms. The van der Waals surface area contributed by atoms with Crippen molar-refractivity contribution in [2.24, 2.45) is 5.73 Å². The van der Waals surface area contributed by atoms with Gasteiger partial charge >= 0.3 is 0 Å². The molecule has 0 aromatic heterocycles. The number of nitrogens with two attached hydrogens (primary N) is 1. The van der Waals surface area contributed by atoms with E-state index in [4.69, 9.17) is 15.2 Å². The number of sulfonamides is 1. The van der Waals surface area contributed by atoms with Crippen molar-refractivity contribution >= 4 is 10.0 Å². The van der Waals surface area contributed by atoms with Gasteiger partial charge in [-0.2, -0.15) is 4.31 Å². The van der Waals surface area contributed by atoms with Crippen molar-refractivity contribution < 1.29 is 17.9 Å². The molecule has 1 aromatic carbocycles. The minimum absolute atomic E-state index is 0.122. The predicted molar refractivity (Wildman–Crippen MR) is 61.4 cm³/mol. The van der Waals surface area contributed by atoms with Crippen LogP contribution in [0.4, 0.5) is 0 Å². The molecular weight excluding hydrogens is 244 g/mol. The zero-order chi connectivity index (χ0) is 12.5. The third kappa shape index (κ3) is 2.21. The molecule has 1 heterocycles. The lowest BCUT2D eigenvalue weighted by molar-refractivity contribution is 0.174. The minimum Gasteiger partial charge on any atom is -0.454 e. The lowest BCUT2D eigenvalue weighted by Crippen LogP contribution is -2.31. The molecule has 0 spiro atoms. The van der Waals surface area contributed by atoms with E-state index in [0.29, 0.717) is 11.5 Å². The first-order valence-electron chi connectivity index (χ1n) is 5.12. The van der Waals surface area contributed by atoms with E-state index in [1.807, 2.05) is 0 Å². The smallest absolute Gasteiger partial charge is 0.242 e. The molecule has 17 heavy (non-hydrogen) atoms. The summed E-state index contributed by atoms with van der Waals surface area (Å²) in [7, 11) is -2.01. The van der Waals surface area contributed by atoms with Crippen molar-refractivity contribution in [2.75, 3.05) is 26.9 Å². The largest absolute Gasteiger partial charge is 0.454 e. The lowest BCUT2D eigenvalue weighted by atomic mass is 10.3. The first-order chi connectivity index (χ1) is 8.05. The molecule has 0 amide bonds. The number of hydrogen-bond acceptors (Lipinski definition) is 5. The zero-order valence-electron chi connectivity index (χ0n) is 9.42. The molecule has 1 aromatic rings. The Hall–Kier alpha value is -1.31. The van der Waals surface area contributed by atoms with Crippen LogP contribution in [0.3, 0.4) is 0 Å². The summed E-state index contributed by atoms with van der Waals surface area (Å²) in [4.78, 5) is 0.178. The minimum atomic E-state index is -3.50. The molecule has 94 valence electrons. The van der Waals surface area contributed by atoms with Gasteiger partial charge in [0.1, 0.15) is 0 Å². The molecule has 0 fully saturated rings. The summed E-state index contributed by atoms with van der Waals surface area (Å²) in [6.45, 7) is 0.675. The Morgan fingerprint density at radius 1 is 1.35 bits per heavy atom. The van der Waals surface area contributed by atoms with Crippen molar-refractivity contribution in [1.82, 2.24) is 4.31 Å². The number of likely N-dealkylation sites (N-methyl/N-ethyl adjacent to an activating group) is 1. The fourth-order valence-electron chi connectivity index (χ4n) is 1.52. The Labute approximate surface area is 100.0 Å². The maximum absolute atomic E-state index is 12.1. The molecule has 2 rings (SSSR count). The highest BCUT2D eigenvalue weighted by atomic mass is 32.2. The molecule has 7 heteroatoms. The Morgan fingerprint density at radius 3 is 2.76 bits per heavy atom. The van der Waals surface area contributed by atoms with Gasteiger partial charge in [0.05, 0.1) is 4.90 Å². The van der Waals surface area contributed by atoms with Crippen LogP contribution in [0.1, 0.15) is 0 Å². The van der Waals surface area contributed by atoms with Crippen LogP contribution in [0.5, 0.6) is 11.5 Å². The molecule has 1 aliphatic rings. The fraction of sp³-hybridized carbons (Fsp3) is 0.400. The predicted octanol–water partition coefficient (Wildman–Crippen LogP) is -0.00550. The second-order valence-electron chi connectivity index (χ2n) is 3.63. The molecule has 2 N–H and O–H groups in total. The molecule has 0 saturated carbocycles.